The topological polar surface area (TPSA) is 52.0 Å². The number of nitrogens with zero attached hydrogens (tertiary/aromatic N) is 3. The molecular formula is C10H20N4O. The van der Waals surface area contributed by atoms with Crippen molar-refractivity contribution in [3.63, 3.8) is 0 Å². The highest BCUT2D eigenvalue weighted by molar-refractivity contribution is 4.83. The summed E-state index contributed by atoms with van der Waals surface area (Å²) in [4.78, 5) is 4.21. The smallest absolute Gasteiger partial charge is 0.140 e. The number of aromatic nitrogens is 3. The van der Waals surface area contributed by atoms with Crippen LogP contribution in [0.25, 0.3) is 0 Å². The van der Waals surface area contributed by atoms with E-state index in [4.69, 9.17) is 4.74 Å². The Balaban J connectivity index is 2.33. The molecule has 0 saturated carbocycles. The number of rotatable bonds is 7. The third-order valence-electron chi connectivity index (χ3n) is 2.25. The van der Waals surface area contributed by atoms with Gasteiger partial charge < -0.3 is 10.1 Å². The van der Waals surface area contributed by atoms with E-state index in [0.717, 1.165) is 31.9 Å². The average molecular weight is 212 g/mol. The number of methoxy groups -OCH3 is 1. The van der Waals surface area contributed by atoms with Crippen molar-refractivity contribution >= 4 is 0 Å². The van der Waals surface area contributed by atoms with Crippen LogP contribution >= 0.6 is 0 Å². The van der Waals surface area contributed by atoms with Gasteiger partial charge in [-0.1, -0.05) is 6.92 Å². The third-order valence-corrected chi connectivity index (χ3v) is 2.25. The molecule has 0 saturated heterocycles. The molecule has 1 rings (SSSR count). The summed E-state index contributed by atoms with van der Waals surface area (Å²) in [6.45, 7) is 6.66. The molecule has 1 aromatic heterocycles. The Kier molecular flexibility index (Phi) is 5.28. The molecule has 86 valence electrons. The molecule has 0 bridgehead atoms. The Labute approximate surface area is 90.8 Å². The van der Waals surface area contributed by atoms with Gasteiger partial charge in [0.1, 0.15) is 12.2 Å². The molecule has 0 amide bonds. The Morgan fingerprint density at radius 3 is 3.07 bits per heavy atom. The van der Waals surface area contributed by atoms with Gasteiger partial charge in [0, 0.05) is 20.2 Å². The summed E-state index contributed by atoms with van der Waals surface area (Å²) in [5, 5.41) is 7.45. The van der Waals surface area contributed by atoms with Crippen molar-refractivity contribution in [2.75, 3.05) is 13.7 Å². The largest absolute Gasteiger partial charge is 0.380 e. The maximum atomic E-state index is 5.14. The first kappa shape index (κ1) is 12.1. The second-order valence-corrected chi connectivity index (χ2v) is 3.58. The molecule has 0 aromatic carbocycles. The highest BCUT2D eigenvalue weighted by atomic mass is 16.5. The summed E-state index contributed by atoms with van der Waals surface area (Å²) in [7, 11) is 1.71. The van der Waals surface area contributed by atoms with Crippen LogP contribution < -0.4 is 5.32 Å². The number of hydrogen-bond donors (Lipinski definition) is 1. The summed E-state index contributed by atoms with van der Waals surface area (Å²) in [5.41, 5.74) is 0. The lowest BCUT2D eigenvalue weighted by Gasteiger charge is -2.10. The van der Waals surface area contributed by atoms with Gasteiger partial charge in [0.15, 0.2) is 0 Å². The van der Waals surface area contributed by atoms with Crippen molar-refractivity contribution in [2.45, 2.75) is 39.5 Å². The van der Waals surface area contributed by atoms with E-state index < -0.39 is 0 Å². The molecule has 0 aliphatic heterocycles. The molecule has 0 radical (unpaired) electrons. The molecule has 5 heteroatoms. The first-order chi connectivity index (χ1) is 7.27. The minimum atomic E-state index is 0.229. The van der Waals surface area contributed by atoms with Crippen molar-refractivity contribution in [2.24, 2.45) is 0 Å². The Bertz CT molecular complexity index is 274. The summed E-state index contributed by atoms with van der Waals surface area (Å²) >= 11 is 0. The van der Waals surface area contributed by atoms with Crippen molar-refractivity contribution in [3.05, 3.63) is 12.2 Å². The molecule has 15 heavy (non-hydrogen) atoms. The van der Waals surface area contributed by atoms with E-state index in [1.165, 1.54) is 0 Å². The molecule has 1 N–H and O–H groups in total. The fourth-order valence-electron chi connectivity index (χ4n) is 1.29. The van der Waals surface area contributed by atoms with Crippen molar-refractivity contribution in [3.8, 4) is 0 Å². The molecule has 0 spiro atoms. The van der Waals surface area contributed by atoms with Gasteiger partial charge in [-0.2, -0.15) is 5.10 Å². The Morgan fingerprint density at radius 1 is 1.60 bits per heavy atom. The highest BCUT2D eigenvalue weighted by Gasteiger charge is 2.04. The van der Waals surface area contributed by atoms with Crippen molar-refractivity contribution in [1.82, 2.24) is 20.1 Å². The maximum Gasteiger partial charge on any atom is 0.140 e. The Hall–Kier alpha value is -0.940. The molecule has 0 aliphatic carbocycles. The number of nitrogens with one attached hydrogen (secondary N) is 1. The van der Waals surface area contributed by atoms with Gasteiger partial charge in [-0.15, -0.1) is 0 Å². The van der Waals surface area contributed by atoms with Crippen LogP contribution in [0.2, 0.25) is 0 Å². The molecule has 1 atom stereocenters. The first-order valence-corrected chi connectivity index (χ1v) is 5.38. The molecule has 1 aromatic rings. The van der Waals surface area contributed by atoms with Crippen LogP contribution in [0.5, 0.6) is 0 Å². The van der Waals surface area contributed by atoms with Gasteiger partial charge >= 0.3 is 0 Å². The zero-order valence-electron chi connectivity index (χ0n) is 9.73. The SMILES string of the molecule is CCCn1ncnc1CNCC(C)OC. The minimum absolute atomic E-state index is 0.229. The van der Waals surface area contributed by atoms with Gasteiger partial charge in [0.05, 0.1) is 12.6 Å². The molecule has 1 heterocycles. The summed E-state index contributed by atoms with van der Waals surface area (Å²) in [6.07, 6.45) is 2.91. The first-order valence-electron chi connectivity index (χ1n) is 5.38. The standard InChI is InChI=1S/C10H20N4O/c1-4-5-14-10(12-8-13-14)7-11-6-9(2)15-3/h8-9,11H,4-7H2,1-3H3. The van der Waals surface area contributed by atoms with Gasteiger partial charge in [-0.05, 0) is 13.3 Å². The highest BCUT2D eigenvalue weighted by Crippen LogP contribution is 1.95. The summed E-state index contributed by atoms with van der Waals surface area (Å²) < 4.78 is 7.08. The summed E-state index contributed by atoms with van der Waals surface area (Å²) in [6, 6.07) is 0. The summed E-state index contributed by atoms with van der Waals surface area (Å²) in [5.74, 6) is 0.986. The molecule has 1 unspecified atom stereocenters. The fraction of sp³-hybridized carbons (Fsp3) is 0.800. The third kappa shape index (κ3) is 3.97. The van der Waals surface area contributed by atoms with Gasteiger partial charge in [-0.25, -0.2) is 9.67 Å². The van der Waals surface area contributed by atoms with Crippen LogP contribution in [0.3, 0.4) is 0 Å². The van der Waals surface area contributed by atoms with E-state index in [1.807, 2.05) is 11.6 Å². The number of aryl methyl sites for hydroxylation is 1. The monoisotopic (exact) mass is 212 g/mol. The average Bonchev–Trinajstić information content (AvgIpc) is 2.66. The second-order valence-electron chi connectivity index (χ2n) is 3.58. The lowest BCUT2D eigenvalue weighted by Crippen LogP contribution is -2.27. The van der Waals surface area contributed by atoms with E-state index in [1.54, 1.807) is 13.4 Å². The van der Waals surface area contributed by atoms with Crippen molar-refractivity contribution in [1.29, 1.82) is 0 Å². The number of ether oxygens (including phenoxy) is 1. The zero-order valence-corrected chi connectivity index (χ0v) is 9.73. The lowest BCUT2D eigenvalue weighted by molar-refractivity contribution is 0.116. The van der Waals surface area contributed by atoms with E-state index in [9.17, 15) is 0 Å². The van der Waals surface area contributed by atoms with E-state index in [-0.39, 0.29) is 6.10 Å². The second kappa shape index (κ2) is 6.53. The molecular weight excluding hydrogens is 192 g/mol. The number of hydrogen-bond acceptors (Lipinski definition) is 4. The maximum absolute atomic E-state index is 5.14. The van der Waals surface area contributed by atoms with Crippen LogP contribution in [0.15, 0.2) is 6.33 Å². The quantitative estimate of drug-likeness (QED) is 0.727. The van der Waals surface area contributed by atoms with E-state index in [0.29, 0.717) is 0 Å². The molecule has 0 fully saturated rings. The Morgan fingerprint density at radius 2 is 2.40 bits per heavy atom. The van der Waals surface area contributed by atoms with Gasteiger partial charge in [0.2, 0.25) is 0 Å². The van der Waals surface area contributed by atoms with Crippen molar-refractivity contribution < 1.29 is 4.74 Å². The van der Waals surface area contributed by atoms with E-state index >= 15 is 0 Å². The zero-order chi connectivity index (χ0) is 11.1. The predicted molar refractivity (Wildman–Crippen MR) is 58.5 cm³/mol. The van der Waals surface area contributed by atoms with Crippen LogP contribution in [0.4, 0.5) is 0 Å². The molecule has 5 nitrogen and oxygen atoms in total. The van der Waals surface area contributed by atoms with E-state index in [2.05, 4.69) is 22.3 Å². The van der Waals surface area contributed by atoms with Crippen LogP contribution in [0, 0.1) is 0 Å². The van der Waals surface area contributed by atoms with Gasteiger partial charge in [-0.3, -0.25) is 0 Å². The normalized spacial score (nSPS) is 13.0. The van der Waals surface area contributed by atoms with Crippen LogP contribution in [0.1, 0.15) is 26.1 Å². The minimum Gasteiger partial charge on any atom is -0.380 e. The fourth-order valence-corrected chi connectivity index (χ4v) is 1.29. The predicted octanol–water partition coefficient (Wildman–Crippen LogP) is 0.813. The van der Waals surface area contributed by atoms with Crippen LogP contribution in [-0.4, -0.2) is 34.5 Å². The molecule has 0 aliphatic rings. The lowest BCUT2D eigenvalue weighted by atomic mass is 10.4. The van der Waals surface area contributed by atoms with Crippen LogP contribution in [-0.2, 0) is 17.8 Å². The van der Waals surface area contributed by atoms with Gasteiger partial charge in [0.25, 0.3) is 0 Å².